The summed E-state index contributed by atoms with van der Waals surface area (Å²) in [5, 5.41) is 5.29. The van der Waals surface area contributed by atoms with Gasteiger partial charge in [0.25, 0.3) is 0 Å². The monoisotopic (exact) mass is 281 g/mol. The molecule has 0 saturated carbocycles. The fourth-order valence-corrected chi connectivity index (χ4v) is 1.63. The summed E-state index contributed by atoms with van der Waals surface area (Å²) < 4.78 is 48.6. The number of nitrogens with zero attached hydrogens (tertiary/aromatic N) is 1. The third-order valence-corrected chi connectivity index (χ3v) is 2.88. The number of hydrogen-bond donors (Lipinski definition) is 2. The first-order valence-electron chi connectivity index (χ1n) is 5.14. The Morgan fingerprint density at radius 1 is 1.33 bits per heavy atom. The molecule has 2 N–H and O–H groups in total. The average Bonchev–Trinajstić information content (AvgIpc) is 2.27. The van der Waals surface area contributed by atoms with Crippen molar-refractivity contribution in [2.75, 3.05) is 36.2 Å². The number of alkyl halides is 3. The predicted octanol–water partition coefficient (Wildman–Crippen LogP) is 1.93. The van der Waals surface area contributed by atoms with Crippen molar-refractivity contribution < 1.29 is 17.4 Å². The van der Waals surface area contributed by atoms with Crippen LogP contribution in [0.2, 0.25) is 0 Å². The summed E-state index contributed by atoms with van der Waals surface area (Å²) in [5.41, 5.74) is -0.776. The number of hydrogen-bond acceptors (Lipinski definition) is 4. The van der Waals surface area contributed by atoms with E-state index in [9.17, 15) is 17.4 Å². The van der Waals surface area contributed by atoms with E-state index in [0.717, 1.165) is 12.1 Å². The van der Waals surface area contributed by atoms with E-state index in [1.807, 2.05) is 0 Å². The summed E-state index contributed by atoms with van der Waals surface area (Å²) in [6.07, 6.45) is -2.89. The zero-order valence-corrected chi connectivity index (χ0v) is 10.8. The van der Waals surface area contributed by atoms with Crippen molar-refractivity contribution in [1.29, 1.82) is 0 Å². The van der Waals surface area contributed by atoms with Gasteiger partial charge in [0.2, 0.25) is 0 Å². The van der Waals surface area contributed by atoms with Crippen LogP contribution in [0.15, 0.2) is 12.1 Å². The smallest absolute Gasteiger partial charge is 0.373 e. The molecule has 0 aliphatic rings. The minimum Gasteiger partial charge on any atom is -0.373 e. The summed E-state index contributed by atoms with van der Waals surface area (Å²) in [6, 6.07) is 1.86. The van der Waals surface area contributed by atoms with Crippen molar-refractivity contribution in [2.24, 2.45) is 0 Å². The molecule has 8 heteroatoms. The van der Waals surface area contributed by atoms with Crippen LogP contribution in [0, 0.1) is 0 Å². The molecule has 0 spiro atoms. The normalized spacial score (nSPS) is 13.2. The van der Waals surface area contributed by atoms with Crippen molar-refractivity contribution in [3.05, 3.63) is 17.7 Å². The van der Waals surface area contributed by atoms with Crippen LogP contribution >= 0.6 is 0 Å². The molecular weight excluding hydrogens is 267 g/mol. The topological polar surface area (TPSA) is 54.0 Å². The van der Waals surface area contributed by atoms with Crippen LogP contribution < -0.4 is 10.6 Å². The number of aromatic nitrogens is 1. The largest absolute Gasteiger partial charge is 0.416 e. The SMILES string of the molecule is CNc1cc(C(F)(F)F)cc(NCCS(C)=O)n1. The Balaban J connectivity index is 2.87. The first kappa shape index (κ1) is 14.7. The highest BCUT2D eigenvalue weighted by atomic mass is 32.2. The van der Waals surface area contributed by atoms with Crippen LogP contribution in [-0.2, 0) is 17.0 Å². The fourth-order valence-electron chi connectivity index (χ4n) is 1.24. The van der Waals surface area contributed by atoms with E-state index in [-0.39, 0.29) is 11.6 Å². The summed E-state index contributed by atoms with van der Waals surface area (Å²) in [4.78, 5) is 3.94. The summed E-state index contributed by atoms with van der Waals surface area (Å²) in [7, 11) is 0.496. The van der Waals surface area contributed by atoms with Crippen molar-refractivity contribution in [2.45, 2.75) is 6.18 Å². The van der Waals surface area contributed by atoms with Gasteiger partial charge in [-0.1, -0.05) is 0 Å². The van der Waals surface area contributed by atoms with Gasteiger partial charge in [0, 0.05) is 36.4 Å². The van der Waals surface area contributed by atoms with Crippen molar-refractivity contribution >= 4 is 22.4 Å². The van der Waals surface area contributed by atoms with Gasteiger partial charge in [0.1, 0.15) is 11.6 Å². The standard InChI is InChI=1S/C10H14F3N3OS/c1-14-8-5-7(10(11,12)13)6-9(16-8)15-3-4-18(2)17/h5-6H,3-4H2,1-2H3,(H2,14,15,16). The molecule has 1 aromatic rings. The minimum atomic E-state index is -4.42. The van der Waals surface area contributed by atoms with Crippen LogP contribution in [0.4, 0.5) is 24.8 Å². The molecule has 102 valence electrons. The third-order valence-electron chi connectivity index (χ3n) is 2.10. The molecular formula is C10H14F3N3OS. The summed E-state index contributed by atoms with van der Waals surface area (Å²) in [6.45, 7) is 0.306. The van der Waals surface area contributed by atoms with E-state index in [1.54, 1.807) is 0 Å². The van der Waals surface area contributed by atoms with Crippen LogP contribution in [0.3, 0.4) is 0 Å². The number of rotatable bonds is 5. The Labute approximate surface area is 105 Å². The van der Waals surface area contributed by atoms with Crippen LogP contribution in [0.5, 0.6) is 0 Å². The molecule has 1 atom stereocenters. The Kier molecular flexibility index (Phi) is 4.94. The van der Waals surface area contributed by atoms with Gasteiger partial charge in [0.15, 0.2) is 0 Å². The maximum atomic E-state index is 12.6. The molecule has 0 amide bonds. The van der Waals surface area contributed by atoms with E-state index in [1.165, 1.54) is 13.3 Å². The summed E-state index contributed by atoms with van der Waals surface area (Å²) in [5.74, 6) is 0.594. The van der Waals surface area contributed by atoms with E-state index in [0.29, 0.717) is 12.3 Å². The van der Waals surface area contributed by atoms with E-state index < -0.39 is 22.5 Å². The maximum absolute atomic E-state index is 12.6. The molecule has 1 rings (SSSR count). The molecule has 1 unspecified atom stereocenters. The summed E-state index contributed by atoms with van der Waals surface area (Å²) >= 11 is 0. The quantitative estimate of drug-likeness (QED) is 0.866. The van der Waals surface area contributed by atoms with Crippen LogP contribution in [0.1, 0.15) is 5.56 Å². The van der Waals surface area contributed by atoms with E-state index in [4.69, 9.17) is 0 Å². The second kappa shape index (κ2) is 6.03. The number of anilines is 2. The molecule has 4 nitrogen and oxygen atoms in total. The predicted molar refractivity (Wildman–Crippen MR) is 66.2 cm³/mol. The molecule has 0 bridgehead atoms. The van der Waals surface area contributed by atoms with Gasteiger partial charge in [-0.3, -0.25) is 4.21 Å². The zero-order valence-electron chi connectivity index (χ0n) is 9.97. The molecule has 18 heavy (non-hydrogen) atoms. The molecule has 0 aromatic carbocycles. The first-order valence-corrected chi connectivity index (χ1v) is 6.86. The second-order valence-corrected chi connectivity index (χ2v) is 5.13. The number of nitrogens with one attached hydrogen (secondary N) is 2. The highest BCUT2D eigenvalue weighted by Crippen LogP contribution is 2.31. The molecule has 1 aromatic heterocycles. The molecule has 0 aliphatic carbocycles. The molecule has 0 aliphatic heterocycles. The van der Waals surface area contributed by atoms with E-state index in [2.05, 4.69) is 15.6 Å². The van der Waals surface area contributed by atoms with Crippen molar-refractivity contribution in [1.82, 2.24) is 4.98 Å². The third kappa shape index (κ3) is 4.52. The molecule has 0 fully saturated rings. The average molecular weight is 281 g/mol. The second-order valence-electron chi connectivity index (χ2n) is 3.58. The number of pyridine rings is 1. The lowest BCUT2D eigenvalue weighted by atomic mass is 10.2. The van der Waals surface area contributed by atoms with Gasteiger partial charge in [-0.15, -0.1) is 0 Å². The lowest BCUT2D eigenvalue weighted by molar-refractivity contribution is -0.137. The Hall–Kier alpha value is -1.31. The van der Waals surface area contributed by atoms with Crippen molar-refractivity contribution in [3.63, 3.8) is 0 Å². The van der Waals surface area contributed by atoms with Crippen LogP contribution in [-0.4, -0.2) is 34.8 Å². The maximum Gasteiger partial charge on any atom is 0.416 e. The van der Waals surface area contributed by atoms with Gasteiger partial charge in [-0.25, -0.2) is 4.98 Å². The van der Waals surface area contributed by atoms with Gasteiger partial charge in [-0.05, 0) is 12.1 Å². The lowest BCUT2D eigenvalue weighted by Gasteiger charge is -2.12. The van der Waals surface area contributed by atoms with Crippen molar-refractivity contribution in [3.8, 4) is 0 Å². The molecule has 0 saturated heterocycles. The Bertz CT molecular complexity index is 437. The highest BCUT2D eigenvalue weighted by molar-refractivity contribution is 7.84. The molecule has 1 heterocycles. The lowest BCUT2D eigenvalue weighted by Crippen LogP contribution is -2.13. The van der Waals surface area contributed by atoms with Gasteiger partial charge < -0.3 is 10.6 Å². The van der Waals surface area contributed by atoms with E-state index >= 15 is 0 Å². The minimum absolute atomic E-state index is 0.111. The Morgan fingerprint density at radius 2 is 1.94 bits per heavy atom. The van der Waals surface area contributed by atoms with Crippen LogP contribution in [0.25, 0.3) is 0 Å². The highest BCUT2D eigenvalue weighted by Gasteiger charge is 2.31. The molecule has 0 radical (unpaired) electrons. The van der Waals surface area contributed by atoms with Gasteiger partial charge in [0.05, 0.1) is 5.56 Å². The Morgan fingerprint density at radius 3 is 2.44 bits per heavy atom. The number of halogens is 3. The van der Waals surface area contributed by atoms with Gasteiger partial charge in [-0.2, -0.15) is 13.2 Å². The fraction of sp³-hybridized carbons (Fsp3) is 0.500. The first-order chi connectivity index (χ1) is 8.32. The van der Waals surface area contributed by atoms with Gasteiger partial charge >= 0.3 is 6.18 Å². The zero-order chi connectivity index (χ0) is 13.8.